The molecule has 0 heterocycles. The van der Waals surface area contributed by atoms with Crippen LogP contribution in [0.5, 0.6) is 11.5 Å². The third-order valence-corrected chi connectivity index (χ3v) is 2.31. The van der Waals surface area contributed by atoms with Crippen molar-refractivity contribution in [1.82, 2.24) is 0 Å². The van der Waals surface area contributed by atoms with Crippen LogP contribution in [-0.4, -0.2) is 23.9 Å². The number of methoxy groups -OCH3 is 1. The first-order valence-electron chi connectivity index (χ1n) is 4.92. The van der Waals surface area contributed by atoms with E-state index in [9.17, 15) is 5.11 Å². The van der Waals surface area contributed by atoms with Crippen molar-refractivity contribution in [3.63, 3.8) is 0 Å². The van der Waals surface area contributed by atoms with Crippen LogP contribution in [0.2, 0.25) is 0 Å². The maximum absolute atomic E-state index is 9.60. The molecule has 0 bridgehead atoms. The molecule has 1 aromatic carbocycles. The zero-order chi connectivity index (χ0) is 11.3. The van der Waals surface area contributed by atoms with E-state index in [0.29, 0.717) is 24.2 Å². The smallest absolute Gasteiger partial charge is 0.120 e. The minimum atomic E-state index is -0.271. The van der Waals surface area contributed by atoms with Crippen molar-refractivity contribution >= 4 is 0 Å². The summed E-state index contributed by atoms with van der Waals surface area (Å²) in [6.45, 7) is 0.110. The molecule has 0 amide bonds. The van der Waals surface area contributed by atoms with E-state index in [1.807, 2.05) is 0 Å². The van der Waals surface area contributed by atoms with Gasteiger partial charge < -0.3 is 20.7 Å². The Hall–Kier alpha value is -1.26. The highest BCUT2D eigenvalue weighted by Gasteiger charge is 2.11. The lowest BCUT2D eigenvalue weighted by Crippen LogP contribution is -2.11. The number of rotatable bonds is 5. The van der Waals surface area contributed by atoms with Gasteiger partial charge in [0.2, 0.25) is 0 Å². The van der Waals surface area contributed by atoms with Gasteiger partial charge in [0.25, 0.3) is 0 Å². The number of nitrogens with two attached hydrogens (primary N) is 1. The summed E-state index contributed by atoms with van der Waals surface area (Å²) >= 11 is 0. The molecule has 0 aromatic heterocycles. The minimum Gasteiger partial charge on any atom is -0.508 e. The van der Waals surface area contributed by atoms with Crippen molar-refractivity contribution in [3.05, 3.63) is 23.8 Å². The predicted molar refractivity (Wildman–Crippen MR) is 57.9 cm³/mol. The van der Waals surface area contributed by atoms with Gasteiger partial charge in [-0.25, -0.2) is 0 Å². The van der Waals surface area contributed by atoms with Crippen molar-refractivity contribution in [2.45, 2.75) is 18.9 Å². The van der Waals surface area contributed by atoms with E-state index in [0.717, 1.165) is 0 Å². The minimum absolute atomic E-state index is 0.110. The van der Waals surface area contributed by atoms with Crippen molar-refractivity contribution < 1.29 is 14.9 Å². The van der Waals surface area contributed by atoms with Gasteiger partial charge in [0.15, 0.2) is 0 Å². The summed E-state index contributed by atoms with van der Waals surface area (Å²) in [4.78, 5) is 0. The normalized spacial score (nSPS) is 12.5. The maximum Gasteiger partial charge on any atom is 0.120 e. The highest BCUT2D eigenvalue weighted by molar-refractivity contribution is 5.41. The summed E-state index contributed by atoms with van der Waals surface area (Å²) in [5.41, 5.74) is 6.53. The first-order chi connectivity index (χ1) is 7.19. The number of ether oxygens (including phenoxy) is 1. The van der Waals surface area contributed by atoms with Crippen LogP contribution < -0.4 is 10.5 Å². The Morgan fingerprint density at radius 1 is 1.47 bits per heavy atom. The lowest BCUT2D eigenvalue weighted by molar-refractivity contribution is 0.279. The van der Waals surface area contributed by atoms with E-state index in [2.05, 4.69) is 0 Å². The van der Waals surface area contributed by atoms with E-state index >= 15 is 0 Å². The van der Waals surface area contributed by atoms with Gasteiger partial charge in [0, 0.05) is 18.2 Å². The molecule has 0 unspecified atom stereocenters. The number of aromatic hydroxyl groups is 1. The lowest BCUT2D eigenvalue weighted by Gasteiger charge is -2.14. The fourth-order valence-corrected chi connectivity index (χ4v) is 1.42. The van der Waals surface area contributed by atoms with Crippen LogP contribution in [0.4, 0.5) is 0 Å². The molecule has 0 spiro atoms. The van der Waals surface area contributed by atoms with Crippen LogP contribution in [-0.2, 0) is 0 Å². The molecule has 0 radical (unpaired) electrons. The van der Waals surface area contributed by atoms with Gasteiger partial charge in [0.05, 0.1) is 7.11 Å². The van der Waals surface area contributed by atoms with Crippen LogP contribution in [0.25, 0.3) is 0 Å². The predicted octanol–water partition coefficient (Wildman–Crippen LogP) is 1.17. The van der Waals surface area contributed by atoms with Gasteiger partial charge in [-0.05, 0) is 31.0 Å². The van der Waals surface area contributed by atoms with Crippen molar-refractivity contribution in [1.29, 1.82) is 0 Å². The first kappa shape index (κ1) is 11.8. The molecule has 0 aliphatic rings. The number of phenols is 1. The molecule has 0 saturated carbocycles. The van der Waals surface area contributed by atoms with E-state index < -0.39 is 0 Å². The number of benzene rings is 1. The SMILES string of the molecule is COc1ccc(O)c([C@@H](N)CCCO)c1. The first-order valence-corrected chi connectivity index (χ1v) is 4.92. The van der Waals surface area contributed by atoms with Crippen molar-refractivity contribution in [3.8, 4) is 11.5 Å². The molecule has 84 valence electrons. The molecule has 0 aliphatic carbocycles. The van der Waals surface area contributed by atoms with Crippen LogP contribution >= 0.6 is 0 Å². The summed E-state index contributed by atoms with van der Waals surface area (Å²) < 4.78 is 5.05. The number of hydrogen-bond acceptors (Lipinski definition) is 4. The Kier molecular flexibility index (Phi) is 4.39. The summed E-state index contributed by atoms with van der Waals surface area (Å²) in [5.74, 6) is 0.837. The topological polar surface area (TPSA) is 75.7 Å². The molecular formula is C11H17NO3. The molecule has 15 heavy (non-hydrogen) atoms. The molecule has 4 nitrogen and oxygen atoms in total. The molecule has 1 aromatic rings. The van der Waals surface area contributed by atoms with Crippen LogP contribution in [0.1, 0.15) is 24.4 Å². The van der Waals surface area contributed by atoms with E-state index in [-0.39, 0.29) is 18.4 Å². The summed E-state index contributed by atoms with van der Waals surface area (Å²) in [6.07, 6.45) is 1.26. The molecular weight excluding hydrogens is 194 g/mol. The number of phenolic OH excluding ortho intramolecular Hbond substituents is 1. The second kappa shape index (κ2) is 5.58. The standard InChI is InChI=1S/C11H17NO3/c1-15-8-4-5-11(14)9(7-8)10(12)3-2-6-13/h4-5,7,10,13-14H,2-3,6,12H2,1H3/t10-/m0/s1. The van der Waals surface area contributed by atoms with E-state index in [4.69, 9.17) is 15.6 Å². The van der Waals surface area contributed by atoms with Crippen LogP contribution in [0.15, 0.2) is 18.2 Å². The van der Waals surface area contributed by atoms with E-state index in [1.165, 1.54) is 0 Å². The number of aliphatic hydroxyl groups is 1. The van der Waals surface area contributed by atoms with Gasteiger partial charge in [0.1, 0.15) is 11.5 Å². The van der Waals surface area contributed by atoms with Gasteiger partial charge in [-0.15, -0.1) is 0 Å². The average Bonchev–Trinajstić information content (AvgIpc) is 2.26. The third-order valence-electron chi connectivity index (χ3n) is 2.31. The zero-order valence-corrected chi connectivity index (χ0v) is 8.81. The summed E-state index contributed by atoms with van der Waals surface area (Å²) in [5, 5.41) is 18.3. The van der Waals surface area contributed by atoms with Crippen LogP contribution in [0.3, 0.4) is 0 Å². The molecule has 0 aliphatic heterocycles. The Labute approximate surface area is 89.3 Å². The quantitative estimate of drug-likeness (QED) is 0.683. The second-order valence-corrected chi connectivity index (χ2v) is 3.40. The van der Waals surface area contributed by atoms with Gasteiger partial charge in [-0.3, -0.25) is 0 Å². The molecule has 0 fully saturated rings. The molecule has 1 rings (SSSR count). The number of hydrogen-bond donors (Lipinski definition) is 3. The highest BCUT2D eigenvalue weighted by atomic mass is 16.5. The van der Waals surface area contributed by atoms with Crippen molar-refractivity contribution in [2.24, 2.45) is 5.73 Å². The Morgan fingerprint density at radius 3 is 2.80 bits per heavy atom. The number of aliphatic hydroxyl groups excluding tert-OH is 1. The van der Waals surface area contributed by atoms with E-state index in [1.54, 1.807) is 25.3 Å². The fourth-order valence-electron chi connectivity index (χ4n) is 1.42. The summed E-state index contributed by atoms with van der Waals surface area (Å²) in [7, 11) is 1.56. The van der Waals surface area contributed by atoms with Gasteiger partial charge in [-0.2, -0.15) is 0 Å². The Bertz CT molecular complexity index is 315. The second-order valence-electron chi connectivity index (χ2n) is 3.40. The van der Waals surface area contributed by atoms with Crippen molar-refractivity contribution in [2.75, 3.05) is 13.7 Å². The fraction of sp³-hybridized carbons (Fsp3) is 0.455. The third kappa shape index (κ3) is 3.11. The summed E-state index contributed by atoms with van der Waals surface area (Å²) in [6, 6.07) is 4.69. The Morgan fingerprint density at radius 2 is 2.20 bits per heavy atom. The monoisotopic (exact) mass is 211 g/mol. The van der Waals surface area contributed by atoms with Crippen LogP contribution in [0, 0.1) is 0 Å². The largest absolute Gasteiger partial charge is 0.508 e. The zero-order valence-electron chi connectivity index (χ0n) is 8.81. The molecule has 4 N–H and O–H groups in total. The highest BCUT2D eigenvalue weighted by Crippen LogP contribution is 2.29. The molecule has 0 saturated heterocycles. The molecule has 1 atom stereocenters. The lowest BCUT2D eigenvalue weighted by atomic mass is 10.0. The maximum atomic E-state index is 9.60. The van der Waals surface area contributed by atoms with Gasteiger partial charge in [-0.1, -0.05) is 0 Å². The molecule has 4 heteroatoms. The average molecular weight is 211 g/mol. The Balaban J connectivity index is 2.81. The van der Waals surface area contributed by atoms with Gasteiger partial charge >= 0.3 is 0 Å².